The maximum Gasteiger partial charge on any atom is 0.0327 e. The highest BCUT2D eigenvalue weighted by atomic mass is 32.1. The number of fused-ring (bicyclic) bond motifs is 2. The minimum Gasteiger partial charge on any atom is -0.175 e. The molecule has 0 aliphatic heterocycles. The van der Waals surface area contributed by atoms with Gasteiger partial charge in [0.05, 0.1) is 0 Å². The number of rotatable bonds is 7. The van der Waals surface area contributed by atoms with Crippen LogP contribution in [0, 0.1) is 132 Å². The average Bonchev–Trinajstić information content (AvgIpc) is 0.723. The Morgan fingerprint density at radius 1 is 0.256 bits per heavy atom. The zero-order chi connectivity index (χ0) is 68.9. The third-order valence-electron chi connectivity index (χ3n) is 19.1. The van der Waals surface area contributed by atoms with E-state index in [0.29, 0.717) is 0 Å². The fourth-order valence-corrected chi connectivity index (χ4v) is 14.5. The molecule has 0 amide bonds. The quantitative estimate of drug-likeness (QED) is 0.0665. The Balaban J connectivity index is 0.000000405. The molecule has 494 valence electrons. The molecule has 0 heterocycles. The first-order chi connectivity index (χ1) is 40.7. The van der Waals surface area contributed by atoms with E-state index in [0.717, 1.165) is 11.5 Å². The van der Waals surface area contributed by atoms with Gasteiger partial charge >= 0.3 is 0 Å². The van der Waals surface area contributed by atoms with Gasteiger partial charge in [-0.05, 0) is 353 Å². The van der Waals surface area contributed by atoms with Crippen LogP contribution in [0.1, 0.15) is 242 Å². The van der Waals surface area contributed by atoms with Crippen molar-refractivity contribution in [2.24, 2.45) is 0 Å². The second kappa shape index (κ2) is 32.7. The Morgan fingerprint density at radius 2 is 0.444 bits per heavy atom. The summed E-state index contributed by atoms with van der Waals surface area (Å²) in [6, 6.07) is 25.7. The Kier molecular flexibility index (Phi) is 29.9. The van der Waals surface area contributed by atoms with Crippen molar-refractivity contribution in [2.45, 2.75) is 265 Å². The fourth-order valence-electron chi connectivity index (χ4n) is 12.9. The molecule has 0 aromatic heterocycles. The number of hydrogen-bond donors (Lipinski definition) is 6. The van der Waals surface area contributed by atoms with E-state index in [-0.39, 0.29) is 31.8 Å². The molecular formula is C84H122S6. The summed E-state index contributed by atoms with van der Waals surface area (Å²) in [6.07, 6.45) is 0. The zero-order valence-corrected chi connectivity index (χ0v) is 66.9. The highest BCUT2D eigenvalue weighted by Crippen LogP contribution is 2.48. The van der Waals surface area contributed by atoms with E-state index in [2.05, 4.69) is 306 Å². The highest BCUT2D eigenvalue weighted by Gasteiger charge is 2.30. The number of benzene rings is 8. The summed E-state index contributed by atoms with van der Waals surface area (Å²) in [6.45, 7) is 70.4. The molecule has 0 atom stereocenters. The molecule has 0 unspecified atom stereocenters. The first-order valence-corrected chi connectivity index (χ1v) is 35.3. The van der Waals surface area contributed by atoms with E-state index in [1.807, 2.05) is 13.8 Å². The molecule has 0 saturated carbocycles. The van der Waals surface area contributed by atoms with Crippen molar-refractivity contribution in [3.63, 3.8) is 0 Å². The van der Waals surface area contributed by atoms with Crippen molar-refractivity contribution in [1.29, 1.82) is 0 Å². The van der Waals surface area contributed by atoms with Crippen molar-refractivity contribution in [1.82, 2.24) is 0 Å². The van der Waals surface area contributed by atoms with Gasteiger partial charge in [0.15, 0.2) is 0 Å². The molecule has 8 aromatic carbocycles. The smallest absolute Gasteiger partial charge is 0.0327 e. The normalized spacial score (nSPS) is 11.7. The molecule has 0 fully saturated rings. The van der Waals surface area contributed by atoms with E-state index < -0.39 is 0 Å². The van der Waals surface area contributed by atoms with Crippen LogP contribution in [-0.4, -0.2) is 0 Å². The van der Waals surface area contributed by atoms with Gasteiger partial charge in [0, 0.05) is 30.5 Å². The van der Waals surface area contributed by atoms with Gasteiger partial charge in [-0.2, -0.15) is 75.8 Å². The second-order valence-electron chi connectivity index (χ2n) is 28.4. The average molecular weight is 1320 g/mol. The molecule has 8 rings (SSSR count). The Bertz CT molecular complexity index is 3320. The van der Waals surface area contributed by atoms with Crippen LogP contribution in [0.5, 0.6) is 0 Å². The third kappa shape index (κ3) is 18.9. The van der Waals surface area contributed by atoms with E-state index in [4.69, 9.17) is 50.5 Å². The van der Waals surface area contributed by atoms with Crippen LogP contribution in [0.4, 0.5) is 0 Å². The van der Waals surface area contributed by atoms with Gasteiger partial charge in [-0.25, -0.2) is 0 Å². The molecule has 0 saturated heterocycles. The molecule has 0 aliphatic carbocycles. The summed E-state index contributed by atoms with van der Waals surface area (Å²) < 4.78 is -0.350. The van der Waals surface area contributed by atoms with Crippen LogP contribution in [0.2, 0.25) is 0 Å². The van der Waals surface area contributed by atoms with Gasteiger partial charge in [-0.1, -0.05) is 132 Å². The molecule has 0 nitrogen and oxygen atoms in total. The first kappa shape index (κ1) is 82.5. The lowest BCUT2D eigenvalue weighted by Crippen LogP contribution is -2.17. The topological polar surface area (TPSA) is 0 Å². The highest BCUT2D eigenvalue weighted by molar-refractivity contribution is 7.82. The lowest BCUT2D eigenvalue weighted by Gasteiger charge is -2.32. The molecule has 0 radical (unpaired) electrons. The zero-order valence-electron chi connectivity index (χ0n) is 61.5. The van der Waals surface area contributed by atoms with Crippen molar-refractivity contribution in [3.8, 4) is 11.1 Å². The minimum atomic E-state index is -0.155. The maximum absolute atomic E-state index is 4.91. The summed E-state index contributed by atoms with van der Waals surface area (Å²) in [4.78, 5) is 0. The van der Waals surface area contributed by atoms with Crippen molar-refractivity contribution < 1.29 is 0 Å². The maximum atomic E-state index is 4.91. The second-order valence-corrected chi connectivity index (χ2v) is 33.5. The molecule has 0 bridgehead atoms. The Morgan fingerprint density at radius 3 is 0.600 bits per heavy atom. The summed E-state index contributed by atoms with van der Waals surface area (Å²) in [7, 11) is 0. The van der Waals surface area contributed by atoms with E-state index in [1.165, 1.54) is 177 Å². The summed E-state index contributed by atoms with van der Waals surface area (Å²) in [5.41, 5.74) is 38.6. The van der Waals surface area contributed by atoms with E-state index in [9.17, 15) is 0 Å². The molecule has 0 aliphatic rings. The predicted octanol–water partition coefficient (Wildman–Crippen LogP) is 26.7. The minimum absolute atomic E-state index is 0. The third-order valence-corrected chi connectivity index (χ3v) is 20.7. The van der Waals surface area contributed by atoms with Crippen LogP contribution >= 0.6 is 75.8 Å². The largest absolute Gasteiger partial charge is 0.175 e. The summed E-state index contributed by atoms with van der Waals surface area (Å²) in [5, 5.41) is 5.62. The SMILES string of the molecule is C.CC.Cc1c(C)c(C(C)(C)S)c(C)c(C)c1-c1c(C)c(C)c(C(C)(C)S)c(C)c1C.Cc1c(C)c(C)c2c(CS)c3c(C)c(C)c(C)c(C)c3c(CS)c2c1C.Cc1ccc(C(C)(C)C)cc1.Cc1ccc(C(C)(C)S)cc1.Cc1ccc(C(C)(C)S)cc1. The van der Waals surface area contributed by atoms with Crippen molar-refractivity contribution in [2.75, 3.05) is 0 Å². The van der Waals surface area contributed by atoms with Crippen LogP contribution in [0.3, 0.4) is 0 Å². The van der Waals surface area contributed by atoms with Gasteiger partial charge in [-0.15, -0.1) is 0 Å². The molecule has 0 N–H and O–H groups in total. The van der Waals surface area contributed by atoms with E-state index >= 15 is 0 Å². The van der Waals surface area contributed by atoms with Crippen molar-refractivity contribution >= 4 is 97.3 Å². The predicted molar refractivity (Wildman–Crippen MR) is 433 cm³/mol. The van der Waals surface area contributed by atoms with Crippen LogP contribution in [0.15, 0.2) is 72.8 Å². The van der Waals surface area contributed by atoms with Crippen molar-refractivity contribution in [3.05, 3.63) is 217 Å². The van der Waals surface area contributed by atoms with E-state index in [1.54, 1.807) is 0 Å². The molecule has 8 aromatic rings. The lowest BCUT2D eigenvalue weighted by molar-refractivity contribution is 0.590. The molecule has 90 heavy (non-hydrogen) atoms. The monoisotopic (exact) mass is 1320 g/mol. The van der Waals surface area contributed by atoms with Gasteiger partial charge in [-0.3, -0.25) is 0 Å². The fraction of sp³-hybridized carbons (Fsp3) is 0.476. The number of thiol groups is 6. The summed E-state index contributed by atoms with van der Waals surface area (Å²) in [5.74, 6) is 1.51. The number of aryl methyl sites for hydroxylation is 7. The molecule has 6 heteroatoms. The summed E-state index contributed by atoms with van der Waals surface area (Å²) >= 11 is 28.4. The van der Waals surface area contributed by atoms with Crippen LogP contribution < -0.4 is 0 Å². The van der Waals surface area contributed by atoms with Crippen LogP contribution in [0.25, 0.3) is 32.7 Å². The van der Waals surface area contributed by atoms with Gasteiger partial charge in [0.1, 0.15) is 0 Å². The van der Waals surface area contributed by atoms with Gasteiger partial charge < -0.3 is 0 Å². The van der Waals surface area contributed by atoms with Gasteiger partial charge in [0.25, 0.3) is 0 Å². The van der Waals surface area contributed by atoms with Gasteiger partial charge in [0.2, 0.25) is 0 Å². The molecular weight excluding hydrogens is 1200 g/mol. The Labute approximate surface area is 586 Å². The first-order valence-electron chi connectivity index (χ1n) is 32.2. The van der Waals surface area contributed by atoms with Crippen LogP contribution in [-0.2, 0) is 35.9 Å². The Hall–Kier alpha value is -3.62. The lowest BCUT2D eigenvalue weighted by atomic mass is 9.76. The standard InChI is InChI=1S/C26H38S2.C24H30S2.C11H16.2C10H14S.C2H6.CH4/c1-13-17(5)23(25(9,10)27)18(6)14(2)21(13)22-15(3)19(7)24(26(11,12)28)20(8)16(22)4;1-11-12(2)16(6)22-20(10-26)24-18(8)14(4)13(3)17(7)23(24)19(9-25)21(22)15(11)5;1-9-5-7-10(8-6-9)11(2,3)4;2*1-8-4-6-9(7-5-8)10(2,3)11;1-2;/h27-28H,1-12H3;25-26H,9-10H2,1-8H3;5-8H,1-4H3;2*4-7,11H,1-3H3;1-2H3;1H4. The molecule has 0 spiro atoms. The number of hydrogen-bond acceptors (Lipinski definition) is 6.